The molecule has 0 heterocycles. The van der Waals surface area contributed by atoms with Crippen molar-refractivity contribution < 1.29 is 0 Å². The normalized spacial score (nSPS) is 10.9. The number of benzene rings is 1. The molecular formula is C12H17BrClN. The summed E-state index contributed by atoms with van der Waals surface area (Å²) in [5, 5.41) is 0. The van der Waals surface area contributed by atoms with Gasteiger partial charge >= 0.3 is 0 Å². The van der Waals surface area contributed by atoms with E-state index >= 15 is 0 Å². The highest BCUT2D eigenvalue weighted by atomic mass is 79.9. The lowest BCUT2D eigenvalue weighted by atomic mass is 10.1. The number of nitrogens with zero attached hydrogens (tertiary/aromatic N) is 1. The summed E-state index contributed by atoms with van der Waals surface area (Å²) in [5.74, 6) is 0.753. The molecular weight excluding hydrogens is 273 g/mol. The van der Waals surface area contributed by atoms with E-state index in [1.807, 2.05) is 0 Å². The molecule has 0 spiro atoms. The molecule has 1 rings (SSSR count). The highest BCUT2D eigenvalue weighted by Crippen LogP contribution is 2.11. The first kappa shape index (κ1) is 13.0. The number of hydrogen-bond acceptors (Lipinski definition) is 1. The Bertz CT molecular complexity index is 273. The summed E-state index contributed by atoms with van der Waals surface area (Å²) in [6.07, 6.45) is 2.17. The number of likely N-dealkylation sites (N-methyl/N-ethyl adjacent to an activating group) is 1. The summed E-state index contributed by atoms with van der Waals surface area (Å²) in [7, 11) is 2.14. The zero-order valence-corrected chi connectivity index (χ0v) is 11.4. The molecule has 0 saturated heterocycles. The van der Waals surface area contributed by atoms with Gasteiger partial charge in [-0.3, -0.25) is 0 Å². The van der Waals surface area contributed by atoms with Gasteiger partial charge in [-0.15, -0.1) is 11.6 Å². The second-order valence-electron chi connectivity index (χ2n) is 3.72. The molecule has 0 saturated carbocycles. The monoisotopic (exact) mass is 289 g/mol. The van der Waals surface area contributed by atoms with Gasteiger partial charge < -0.3 is 4.90 Å². The number of hydrogen-bond donors (Lipinski definition) is 0. The first-order valence-corrected chi connectivity index (χ1v) is 6.54. The van der Waals surface area contributed by atoms with E-state index in [0.717, 1.165) is 36.3 Å². The van der Waals surface area contributed by atoms with Crippen LogP contribution in [0.2, 0.25) is 0 Å². The van der Waals surface area contributed by atoms with Gasteiger partial charge in [0, 0.05) is 16.9 Å². The minimum atomic E-state index is 0.753. The maximum absolute atomic E-state index is 5.65. The molecule has 0 aliphatic rings. The van der Waals surface area contributed by atoms with Crippen molar-refractivity contribution in [2.45, 2.75) is 12.8 Å². The third-order valence-corrected chi connectivity index (χ3v) is 3.16. The van der Waals surface area contributed by atoms with Crippen molar-refractivity contribution in [3.8, 4) is 0 Å². The number of halogens is 2. The first-order chi connectivity index (χ1) is 7.22. The largest absolute Gasteiger partial charge is 0.306 e. The van der Waals surface area contributed by atoms with Gasteiger partial charge in [-0.1, -0.05) is 28.1 Å². The lowest BCUT2D eigenvalue weighted by Gasteiger charge is -2.15. The van der Waals surface area contributed by atoms with Gasteiger partial charge in [0.15, 0.2) is 0 Å². The van der Waals surface area contributed by atoms with Crippen LogP contribution in [-0.4, -0.2) is 30.9 Å². The summed E-state index contributed by atoms with van der Waals surface area (Å²) in [4.78, 5) is 2.32. The van der Waals surface area contributed by atoms with Crippen molar-refractivity contribution >= 4 is 27.5 Å². The predicted molar refractivity (Wildman–Crippen MR) is 70.7 cm³/mol. The molecule has 0 aromatic heterocycles. The van der Waals surface area contributed by atoms with Crippen LogP contribution in [-0.2, 0) is 6.42 Å². The van der Waals surface area contributed by atoms with Crippen LogP contribution in [0.25, 0.3) is 0 Å². The van der Waals surface area contributed by atoms with Gasteiger partial charge in [0.25, 0.3) is 0 Å². The van der Waals surface area contributed by atoms with E-state index < -0.39 is 0 Å². The predicted octanol–water partition coefficient (Wildman–Crippen LogP) is 3.55. The molecule has 1 aromatic rings. The van der Waals surface area contributed by atoms with E-state index in [4.69, 9.17) is 11.6 Å². The molecule has 84 valence electrons. The zero-order valence-electron chi connectivity index (χ0n) is 9.05. The third-order valence-electron chi connectivity index (χ3n) is 2.37. The van der Waals surface area contributed by atoms with Crippen molar-refractivity contribution in [1.82, 2.24) is 4.90 Å². The van der Waals surface area contributed by atoms with Crippen molar-refractivity contribution in [3.63, 3.8) is 0 Å². The van der Waals surface area contributed by atoms with E-state index in [-0.39, 0.29) is 0 Å². The Morgan fingerprint density at radius 2 is 1.87 bits per heavy atom. The highest BCUT2D eigenvalue weighted by molar-refractivity contribution is 9.10. The minimum Gasteiger partial charge on any atom is -0.306 e. The van der Waals surface area contributed by atoms with Crippen LogP contribution in [0.5, 0.6) is 0 Å². The molecule has 0 bridgehead atoms. The molecule has 0 radical (unpaired) electrons. The fourth-order valence-corrected chi connectivity index (χ4v) is 1.80. The van der Waals surface area contributed by atoms with Crippen LogP contribution in [0, 0.1) is 0 Å². The molecule has 0 unspecified atom stereocenters. The van der Waals surface area contributed by atoms with Gasteiger partial charge in [0.2, 0.25) is 0 Å². The molecule has 0 aliphatic heterocycles. The molecule has 1 aromatic carbocycles. The van der Waals surface area contributed by atoms with E-state index in [2.05, 4.69) is 52.1 Å². The van der Waals surface area contributed by atoms with Crippen LogP contribution >= 0.6 is 27.5 Å². The molecule has 0 aliphatic carbocycles. The molecule has 0 fully saturated rings. The highest BCUT2D eigenvalue weighted by Gasteiger charge is 1.98. The van der Waals surface area contributed by atoms with E-state index in [1.165, 1.54) is 5.56 Å². The summed E-state index contributed by atoms with van der Waals surface area (Å²) in [6.45, 7) is 2.18. The average Bonchev–Trinajstić information content (AvgIpc) is 2.25. The molecule has 3 heteroatoms. The second-order valence-corrected chi connectivity index (χ2v) is 5.02. The van der Waals surface area contributed by atoms with E-state index in [0.29, 0.717) is 0 Å². The minimum absolute atomic E-state index is 0.753. The van der Waals surface area contributed by atoms with Crippen LogP contribution in [0.15, 0.2) is 28.7 Å². The Labute approximate surface area is 106 Å². The second kappa shape index (κ2) is 7.26. The molecule has 0 N–H and O–H groups in total. The maximum Gasteiger partial charge on any atom is 0.0235 e. The number of rotatable bonds is 6. The van der Waals surface area contributed by atoms with Crippen molar-refractivity contribution in [2.24, 2.45) is 0 Å². The van der Waals surface area contributed by atoms with Crippen molar-refractivity contribution in [1.29, 1.82) is 0 Å². The Morgan fingerprint density at radius 3 is 2.47 bits per heavy atom. The maximum atomic E-state index is 5.65. The fourth-order valence-electron chi connectivity index (χ4n) is 1.41. The Hall–Kier alpha value is -0.0500. The Morgan fingerprint density at radius 1 is 1.20 bits per heavy atom. The summed E-state index contributed by atoms with van der Waals surface area (Å²) in [5.41, 5.74) is 1.39. The molecule has 1 nitrogen and oxygen atoms in total. The van der Waals surface area contributed by atoms with Crippen LogP contribution in [0.4, 0.5) is 0 Å². The van der Waals surface area contributed by atoms with Gasteiger partial charge in [0.05, 0.1) is 0 Å². The number of alkyl halides is 1. The zero-order chi connectivity index (χ0) is 11.1. The lowest BCUT2D eigenvalue weighted by Crippen LogP contribution is -2.22. The molecule has 0 atom stereocenters. The van der Waals surface area contributed by atoms with Gasteiger partial charge in [-0.2, -0.15) is 0 Å². The topological polar surface area (TPSA) is 3.24 Å². The van der Waals surface area contributed by atoms with Crippen molar-refractivity contribution in [2.75, 3.05) is 26.0 Å². The third kappa shape index (κ3) is 5.55. The van der Waals surface area contributed by atoms with Crippen molar-refractivity contribution in [3.05, 3.63) is 34.3 Å². The van der Waals surface area contributed by atoms with Gasteiger partial charge in [-0.05, 0) is 44.1 Å². The summed E-state index contributed by atoms with van der Waals surface area (Å²) < 4.78 is 1.14. The molecule has 15 heavy (non-hydrogen) atoms. The van der Waals surface area contributed by atoms with Crippen LogP contribution in [0.3, 0.4) is 0 Å². The smallest absolute Gasteiger partial charge is 0.0235 e. The fraction of sp³-hybridized carbons (Fsp3) is 0.500. The Balaban J connectivity index is 2.27. The quantitative estimate of drug-likeness (QED) is 0.724. The Kier molecular flexibility index (Phi) is 6.30. The standard InChI is InChI=1S/C12H17BrClN/c1-15(9-2-8-14)10-7-11-3-5-12(13)6-4-11/h3-6H,2,7-10H2,1H3. The summed E-state index contributed by atoms with van der Waals surface area (Å²) in [6, 6.07) is 8.52. The van der Waals surface area contributed by atoms with Crippen LogP contribution in [0.1, 0.15) is 12.0 Å². The van der Waals surface area contributed by atoms with Gasteiger partial charge in [0.1, 0.15) is 0 Å². The lowest BCUT2D eigenvalue weighted by molar-refractivity contribution is 0.340. The first-order valence-electron chi connectivity index (χ1n) is 5.21. The average molecular weight is 291 g/mol. The van der Waals surface area contributed by atoms with Crippen LogP contribution < -0.4 is 0 Å². The SMILES string of the molecule is CN(CCCCl)CCc1ccc(Br)cc1. The summed E-state index contributed by atoms with van der Waals surface area (Å²) >= 11 is 9.08. The van der Waals surface area contributed by atoms with E-state index in [1.54, 1.807) is 0 Å². The van der Waals surface area contributed by atoms with Gasteiger partial charge in [-0.25, -0.2) is 0 Å². The molecule has 0 amide bonds. The van der Waals surface area contributed by atoms with E-state index in [9.17, 15) is 0 Å².